The molecule has 0 aromatic heterocycles. The van der Waals surface area contributed by atoms with Crippen molar-refractivity contribution >= 4 is 17.3 Å². The zero-order chi connectivity index (χ0) is 14.5. The van der Waals surface area contributed by atoms with Crippen molar-refractivity contribution in [3.05, 3.63) is 64.4 Å². The molecule has 0 aliphatic carbocycles. The number of halogens is 2. The number of nitriles is 1. The smallest absolute Gasteiger partial charge is 0.147 e. The molecule has 2 aromatic carbocycles. The van der Waals surface area contributed by atoms with Crippen LogP contribution >= 0.6 is 11.6 Å². The van der Waals surface area contributed by atoms with Gasteiger partial charge in [-0.1, -0.05) is 30.7 Å². The summed E-state index contributed by atoms with van der Waals surface area (Å²) in [5.41, 5.74) is 1.70. The van der Waals surface area contributed by atoms with Crippen molar-refractivity contribution < 1.29 is 4.39 Å². The van der Waals surface area contributed by atoms with Crippen molar-refractivity contribution in [3.8, 4) is 6.07 Å². The molecule has 0 heterocycles. The van der Waals surface area contributed by atoms with Crippen molar-refractivity contribution in [3.63, 3.8) is 0 Å². The minimum atomic E-state index is -0.426. The molecule has 0 amide bonds. The van der Waals surface area contributed by atoms with Crippen LogP contribution < -0.4 is 5.32 Å². The van der Waals surface area contributed by atoms with Crippen LogP contribution in [0.25, 0.3) is 0 Å². The van der Waals surface area contributed by atoms with Crippen LogP contribution in [0.15, 0.2) is 42.5 Å². The summed E-state index contributed by atoms with van der Waals surface area (Å²) >= 11 is 5.98. The fourth-order valence-corrected chi connectivity index (χ4v) is 2.23. The first kappa shape index (κ1) is 14.4. The molecular weight excluding hydrogens is 275 g/mol. The number of hydrogen-bond acceptors (Lipinski definition) is 2. The van der Waals surface area contributed by atoms with Crippen molar-refractivity contribution in [2.24, 2.45) is 0 Å². The number of nitrogens with one attached hydrogen (secondary N) is 1. The quantitative estimate of drug-likeness (QED) is 0.867. The fraction of sp³-hybridized carbons (Fsp3) is 0.188. The Labute approximate surface area is 122 Å². The van der Waals surface area contributed by atoms with Crippen LogP contribution in [0.5, 0.6) is 0 Å². The fourth-order valence-electron chi connectivity index (χ4n) is 2.03. The lowest BCUT2D eigenvalue weighted by atomic mass is 10.0. The Kier molecular flexibility index (Phi) is 4.60. The van der Waals surface area contributed by atoms with E-state index in [1.807, 2.05) is 31.2 Å². The highest BCUT2D eigenvalue weighted by molar-refractivity contribution is 6.30. The van der Waals surface area contributed by atoms with Crippen LogP contribution in [0, 0.1) is 17.1 Å². The maximum atomic E-state index is 13.9. The number of rotatable bonds is 4. The molecule has 0 aliphatic heterocycles. The van der Waals surface area contributed by atoms with Gasteiger partial charge in [0.25, 0.3) is 0 Å². The lowest BCUT2D eigenvalue weighted by molar-refractivity contribution is 0.623. The average molecular weight is 289 g/mol. The molecule has 4 heteroatoms. The van der Waals surface area contributed by atoms with E-state index in [0.29, 0.717) is 16.3 Å². The molecule has 1 atom stereocenters. The summed E-state index contributed by atoms with van der Waals surface area (Å²) in [4.78, 5) is 0. The van der Waals surface area contributed by atoms with Crippen LogP contribution in [-0.4, -0.2) is 0 Å². The van der Waals surface area contributed by atoms with Gasteiger partial charge in [0.15, 0.2) is 0 Å². The highest BCUT2D eigenvalue weighted by atomic mass is 35.5. The molecule has 2 nitrogen and oxygen atoms in total. The molecule has 0 saturated carbocycles. The maximum Gasteiger partial charge on any atom is 0.147 e. The van der Waals surface area contributed by atoms with Gasteiger partial charge in [-0.2, -0.15) is 5.26 Å². The van der Waals surface area contributed by atoms with Crippen LogP contribution in [0.3, 0.4) is 0 Å². The lowest BCUT2D eigenvalue weighted by Gasteiger charge is -2.19. The topological polar surface area (TPSA) is 35.8 Å². The Morgan fingerprint density at radius 1 is 1.30 bits per heavy atom. The SMILES string of the molecule is CCC(Nc1ccc(C#N)cc1F)c1cccc(Cl)c1. The number of hydrogen-bond donors (Lipinski definition) is 1. The van der Waals surface area contributed by atoms with E-state index in [4.69, 9.17) is 16.9 Å². The van der Waals surface area contributed by atoms with Gasteiger partial charge >= 0.3 is 0 Å². The van der Waals surface area contributed by atoms with Crippen molar-refractivity contribution in [1.82, 2.24) is 0 Å². The van der Waals surface area contributed by atoms with E-state index in [2.05, 4.69) is 5.32 Å². The first-order chi connectivity index (χ1) is 9.63. The first-order valence-corrected chi connectivity index (χ1v) is 6.73. The number of benzene rings is 2. The van der Waals surface area contributed by atoms with E-state index in [0.717, 1.165) is 12.0 Å². The van der Waals surface area contributed by atoms with Gasteiger partial charge in [-0.15, -0.1) is 0 Å². The highest BCUT2D eigenvalue weighted by Gasteiger charge is 2.12. The van der Waals surface area contributed by atoms with Gasteiger partial charge < -0.3 is 5.32 Å². The van der Waals surface area contributed by atoms with E-state index >= 15 is 0 Å². The standard InChI is InChI=1S/C16H14ClFN2/c1-2-15(12-4-3-5-13(17)9-12)20-16-7-6-11(10-19)8-14(16)18/h3-9,15,20H,2H2,1H3. The van der Waals surface area contributed by atoms with Crippen LogP contribution in [0.1, 0.15) is 30.5 Å². The van der Waals surface area contributed by atoms with E-state index in [-0.39, 0.29) is 6.04 Å². The third-order valence-corrected chi connectivity index (χ3v) is 3.32. The summed E-state index contributed by atoms with van der Waals surface area (Å²) in [5, 5.41) is 12.5. The highest BCUT2D eigenvalue weighted by Crippen LogP contribution is 2.26. The minimum Gasteiger partial charge on any atom is -0.376 e. The van der Waals surface area contributed by atoms with E-state index in [1.165, 1.54) is 6.07 Å². The molecule has 1 N–H and O–H groups in total. The molecule has 0 aliphatic rings. The first-order valence-electron chi connectivity index (χ1n) is 6.35. The normalized spacial score (nSPS) is 11.7. The van der Waals surface area contributed by atoms with Crippen LogP contribution in [-0.2, 0) is 0 Å². The second-order valence-corrected chi connectivity index (χ2v) is 4.90. The van der Waals surface area contributed by atoms with Crippen LogP contribution in [0.2, 0.25) is 5.02 Å². The predicted octanol–water partition coefficient (Wildman–Crippen LogP) is 4.91. The van der Waals surface area contributed by atoms with E-state index in [9.17, 15) is 4.39 Å². The Bertz CT molecular complexity index is 649. The molecule has 0 saturated heterocycles. The van der Waals surface area contributed by atoms with Crippen molar-refractivity contribution in [2.75, 3.05) is 5.32 Å². The molecule has 0 fully saturated rings. The third kappa shape index (κ3) is 3.28. The van der Waals surface area contributed by atoms with Crippen LogP contribution in [0.4, 0.5) is 10.1 Å². The Morgan fingerprint density at radius 3 is 2.70 bits per heavy atom. The van der Waals surface area contributed by atoms with E-state index in [1.54, 1.807) is 18.2 Å². The Balaban J connectivity index is 2.25. The Morgan fingerprint density at radius 2 is 2.10 bits per heavy atom. The molecule has 2 rings (SSSR count). The summed E-state index contributed by atoms with van der Waals surface area (Å²) in [7, 11) is 0. The molecule has 0 spiro atoms. The second kappa shape index (κ2) is 6.40. The molecular formula is C16H14ClFN2. The third-order valence-electron chi connectivity index (χ3n) is 3.09. The van der Waals surface area contributed by atoms with E-state index < -0.39 is 5.82 Å². The van der Waals surface area contributed by atoms with Crippen molar-refractivity contribution in [2.45, 2.75) is 19.4 Å². The zero-order valence-electron chi connectivity index (χ0n) is 11.0. The van der Waals surface area contributed by atoms with Gasteiger partial charge in [-0.3, -0.25) is 0 Å². The van der Waals surface area contributed by atoms with Gasteiger partial charge in [0, 0.05) is 5.02 Å². The predicted molar refractivity (Wildman–Crippen MR) is 79.2 cm³/mol. The average Bonchev–Trinajstić information content (AvgIpc) is 2.46. The molecule has 0 bridgehead atoms. The summed E-state index contributed by atoms with van der Waals surface area (Å²) < 4.78 is 13.9. The summed E-state index contributed by atoms with van der Waals surface area (Å²) in [5.74, 6) is -0.426. The van der Waals surface area contributed by atoms with Gasteiger partial charge in [0.1, 0.15) is 5.82 Å². The number of anilines is 1. The van der Waals surface area contributed by atoms with Gasteiger partial charge in [-0.05, 0) is 42.3 Å². The zero-order valence-corrected chi connectivity index (χ0v) is 11.8. The maximum absolute atomic E-state index is 13.9. The molecule has 2 aromatic rings. The molecule has 0 radical (unpaired) electrons. The van der Waals surface area contributed by atoms with Gasteiger partial charge in [-0.25, -0.2) is 4.39 Å². The van der Waals surface area contributed by atoms with Gasteiger partial charge in [0.05, 0.1) is 23.4 Å². The second-order valence-electron chi connectivity index (χ2n) is 4.47. The molecule has 1 unspecified atom stereocenters. The summed E-state index contributed by atoms with van der Waals surface area (Å²) in [6.45, 7) is 2.01. The summed E-state index contributed by atoms with van der Waals surface area (Å²) in [6, 6.07) is 13.8. The van der Waals surface area contributed by atoms with Gasteiger partial charge in [0.2, 0.25) is 0 Å². The minimum absolute atomic E-state index is 0.0314. The summed E-state index contributed by atoms with van der Waals surface area (Å²) in [6.07, 6.45) is 0.791. The lowest BCUT2D eigenvalue weighted by Crippen LogP contribution is -2.10. The largest absolute Gasteiger partial charge is 0.376 e. The molecule has 102 valence electrons. The molecule has 20 heavy (non-hydrogen) atoms. The monoisotopic (exact) mass is 288 g/mol. The number of nitrogens with zero attached hydrogens (tertiary/aromatic N) is 1. The van der Waals surface area contributed by atoms with Crippen molar-refractivity contribution in [1.29, 1.82) is 5.26 Å². The Hall–Kier alpha value is -2.05.